The minimum atomic E-state index is -0.0147. The summed E-state index contributed by atoms with van der Waals surface area (Å²) in [6, 6.07) is 7.56. The van der Waals surface area contributed by atoms with Crippen molar-refractivity contribution in [3.8, 4) is 5.75 Å². The standard InChI is InChI=1S/C17H18N2O2/c1-2-7-21-15-9-14(10-18-11-15)17(20)13-3-4-16-12(8-13)5-6-19-16/h3-4,8-11,19H,2,5-7H2,1H3. The van der Waals surface area contributed by atoms with Crippen LogP contribution in [0.4, 0.5) is 5.69 Å². The second kappa shape index (κ2) is 5.95. The van der Waals surface area contributed by atoms with Crippen LogP contribution in [0, 0.1) is 0 Å². The number of rotatable bonds is 5. The van der Waals surface area contributed by atoms with Crippen LogP contribution in [0.25, 0.3) is 0 Å². The van der Waals surface area contributed by atoms with Gasteiger partial charge in [-0.2, -0.15) is 0 Å². The molecule has 1 aromatic carbocycles. The Bertz CT molecular complexity index is 668. The highest BCUT2D eigenvalue weighted by molar-refractivity contribution is 6.09. The lowest BCUT2D eigenvalue weighted by Crippen LogP contribution is -2.04. The number of hydrogen-bond acceptors (Lipinski definition) is 4. The van der Waals surface area contributed by atoms with Gasteiger partial charge in [-0.1, -0.05) is 6.92 Å². The lowest BCUT2D eigenvalue weighted by atomic mass is 10.0. The van der Waals surface area contributed by atoms with Gasteiger partial charge in [0.1, 0.15) is 5.75 Å². The average Bonchev–Trinajstić information content (AvgIpc) is 3.00. The molecule has 0 saturated heterocycles. The van der Waals surface area contributed by atoms with Crippen LogP contribution in [0.5, 0.6) is 5.75 Å². The van der Waals surface area contributed by atoms with Crippen LogP contribution < -0.4 is 10.1 Å². The van der Waals surface area contributed by atoms with Crippen molar-refractivity contribution in [1.82, 2.24) is 4.98 Å². The van der Waals surface area contributed by atoms with Gasteiger partial charge < -0.3 is 10.1 Å². The van der Waals surface area contributed by atoms with Crippen molar-refractivity contribution in [2.75, 3.05) is 18.5 Å². The van der Waals surface area contributed by atoms with Gasteiger partial charge in [-0.3, -0.25) is 9.78 Å². The molecule has 1 aliphatic heterocycles. The third-order valence-electron chi connectivity index (χ3n) is 3.53. The molecule has 3 rings (SSSR count). The number of nitrogens with zero attached hydrogens (tertiary/aromatic N) is 1. The highest BCUT2D eigenvalue weighted by Crippen LogP contribution is 2.24. The molecule has 0 amide bonds. The Morgan fingerprint density at radius 2 is 2.19 bits per heavy atom. The lowest BCUT2D eigenvalue weighted by molar-refractivity contribution is 0.103. The second-order valence-corrected chi connectivity index (χ2v) is 5.14. The largest absolute Gasteiger partial charge is 0.492 e. The number of carbonyl (C=O) groups excluding carboxylic acids is 1. The zero-order valence-corrected chi connectivity index (χ0v) is 12.1. The summed E-state index contributed by atoms with van der Waals surface area (Å²) in [5, 5.41) is 3.29. The van der Waals surface area contributed by atoms with Crippen molar-refractivity contribution in [3.05, 3.63) is 53.3 Å². The highest BCUT2D eigenvalue weighted by Gasteiger charge is 2.15. The number of ketones is 1. The maximum absolute atomic E-state index is 12.6. The zero-order chi connectivity index (χ0) is 14.7. The van der Waals surface area contributed by atoms with Crippen LogP contribution in [0.15, 0.2) is 36.7 Å². The normalized spacial score (nSPS) is 12.6. The Balaban J connectivity index is 1.84. The fourth-order valence-electron chi connectivity index (χ4n) is 2.45. The molecule has 2 heterocycles. The van der Waals surface area contributed by atoms with E-state index in [1.165, 1.54) is 5.56 Å². The number of nitrogens with one attached hydrogen (secondary N) is 1. The molecule has 0 unspecified atom stereocenters. The van der Waals surface area contributed by atoms with E-state index in [1.807, 2.05) is 25.1 Å². The third kappa shape index (κ3) is 2.89. The fourth-order valence-corrected chi connectivity index (χ4v) is 2.45. The first-order valence-corrected chi connectivity index (χ1v) is 7.27. The van der Waals surface area contributed by atoms with Gasteiger partial charge in [0.25, 0.3) is 0 Å². The van der Waals surface area contributed by atoms with E-state index < -0.39 is 0 Å². The molecule has 0 bridgehead atoms. The van der Waals surface area contributed by atoms with Crippen molar-refractivity contribution < 1.29 is 9.53 Å². The minimum Gasteiger partial charge on any atom is -0.492 e. The van der Waals surface area contributed by atoms with Crippen LogP contribution in [-0.4, -0.2) is 23.9 Å². The summed E-state index contributed by atoms with van der Waals surface area (Å²) in [4.78, 5) is 16.7. The van der Waals surface area contributed by atoms with Crippen LogP contribution in [-0.2, 0) is 6.42 Å². The van der Waals surface area contributed by atoms with Crippen molar-refractivity contribution in [3.63, 3.8) is 0 Å². The molecule has 2 aromatic rings. The molecular weight excluding hydrogens is 264 g/mol. The summed E-state index contributed by atoms with van der Waals surface area (Å²) in [5.74, 6) is 0.629. The number of aromatic nitrogens is 1. The molecule has 0 aliphatic carbocycles. The third-order valence-corrected chi connectivity index (χ3v) is 3.53. The Hall–Kier alpha value is -2.36. The van der Waals surface area contributed by atoms with Crippen molar-refractivity contribution >= 4 is 11.5 Å². The summed E-state index contributed by atoms with van der Waals surface area (Å²) in [6.45, 7) is 3.61. The van der Waals surface area contributed by atoms with Crippen molar-refractivity contribution in [2.45, 2.75) is 19.8 Å². The molecule has 1 aliphatic rings. The highest BCUT2D eigenvalue weighted by atomic mass is 16.5. The summed E-state index contributed by atoms with van der Waals surface area (Å²) in [6.07, 6.45) is 5.12. The number of hydrogen-bond donors (Lipinski definition) is 1. The van der Waals surface area contributed by atoms with E-state index in [4.69, 9.17) is 4.74 Å². The summed E-state index contributed by atoms with van der Waals surface area (Å²) in [5.41, 5.74) is 3.60. The first-order chi connectivity index (χ1) is 10.3. The van der Waals surface area contributed by atoms with Crippen LogP contribution in [0.3, 0.4) is 0 Å². The monoisotopic (exact) mass is 282 g/mol. The van der Waals surface area contributed by atoms with E-state index >= 15 is 0 Å². The summed E-state index contributed by atoms with van der Waals surface area (Å²) >= 11 is 0. The lowest BCUT2D eigenvalue weighted by Gasteiger charge is -2.07. The van der Waals surface area contributed by atoms with Gasteiger partial charge >= 0.3 is 0 Å². The SMILES string of the molecule is CCCOc1cncc(C(=O)c2ccc3c(c2)CCN3)c1. The minimum absolute atomic E-state index is 0.0147. The first kappa shape index (κ1) is 13.6. The maximum Gasteiger partial charge on any atom is 0.194 e. The van der Waals surface area contributed by atoms with E-state index in [0.29, 0.717) is 23.5 Å². The first-order valence-electron chi connectivity index (χ1n) is 7.27. The number of pyridine rings is 1. The van der Waals surface area contributed by atoms with Gasteiger partial charge in [0.15, 0.2) is 5.78 Å². The predicted octanol–water partition coefficient (Wildman–Crippen LogP) is 3.07. The molecule has 1 aromatic heterocycles. The topological polar surface area (TPSA) is 51.2 Å². The van der Waals surface area contributed by atoms with Gasteiger partial charge in [0, 0.05) is 29.6 Å². The Morgan fingerprint density at radius 3 is 3.05 bits per heavy atom. The maximum atomic E-state index is 12.6. The van der Waals surface area contributed by atoms with Gasteiger partial charge in [0.05, 0.1) is 12.8 Å². The van der Waals surface area contributed by atoms with Crippen LogP contribution >= 0.6 is 0 Å². The van der Waals surface area contributed by atoms with Gasteiger partial charge in [-0.15, -0.1) is 0 Å². The van der Waals surface area contributed by atoms with Gasteiger partial charge in [-0.05, 0) is 42.7 Å². The number of benzene rings is 1. The molecule has 108 valence electrons. The molecule has 0 radical (unpaired) electrons. The average molecular weight is 282 g/mol. The molecule has 4 heteroatoms. The zero-order valence-electron chi connectivity index (χ0n) is 12.1. The predicted molar refractivity (Wildman–Crippen MR) is 82.1 cm³/mol. The smallest absolute Gasteiger partial charge is 0.194 e. The van der Waals surface area contributed by atoms with Crippen molar-refractivity contribution in [2.24, 2.45) is 0 Å². The number of ether oxygens (including phenoxy) is 1. The molecule has 21 heavy (non-hydrogen) atoms. The molecular formula is C17H18N2O2. The van der Waals surface area contributed by atoms with Crippen LogP contribution in [0.1, 0.15) is 34.8 Å². The van der Waals surface area contributed by atoms with E-state index in [2.05, 4.69) is 10.3 Å². The molecule has 0 saturated carbocycles. The van der Waals surface area contributed by atoms with E-state index in [9.17, 15) is 4.79 Å². The van der Waals surface area contributed by atoms with E-state index in [1.54, 1.807) is 18.5 Å². The fraction of sp³-hybridized carbons (Fsp3) is 0.294. The van der Waals surface area contributed by atoms with Crippen LogP contribution in [0.2, 0.25) is 0 Å². The Morgan fingerprint density at radius 1 is 1.29 bits per heavy atom. The quantitative estimate of drug-likeness (QED) is 0.856. The Kier molecular flexibility index (Phi) is 3.86. The summed E-state index contributed by atoms with van der Waals surface area (Å²) < 4.78 is 5.53. The van der Waals surface area contributed by atoms with Gasteiger partial charge in [0.2, 0.25) is 0 Å². The number of anilines is 1. The molecule has 1 N–H and O–H groups in total. The molecule has 0 spiro atoms. The molecule has 4 nitrogen and oxygen atoms in total. The second-order valence-electron chi connectivity index (χ2n) is 5.14. The van der Waals surface area contributed by atoms with E-state index in [-0.39, 0.29) is 5.78 Å². The van der Waals surface area contributed by atoms with Gasteiger partial charge in [-0.25, -0.2) is 0 Å². The number of fused-ring (bicyclic) bond motifs is 1. The molecule has 0 atom stereocenters. The Labute approximate surface area is 124 Å². The summed E-state index contributed by atoms with van der Waals surface area (Å²) in [7, 11) is 0. The van der Waals surface area contributed by atoms with Crippen molar-refractivity contribution in [1.29, 1.82) is 0 Å². The van der Waals surface area contributed by atoms with E-state index in [0.717, 1.165) is 25.1 Å². The molecule has 0 fully saturated rings. The number of carbonyl (C=O) groups is 1.